The molecule has 1 heteroatoms. The van der Waals surface area contributed by atoms with Crippen LogP contribution in [-0.2, 0) is 21.7 Å². The lowest BCUT2D eigenvalue weighted by Gasteiger charge is -2.35. The molecular weight excluding hydrogens is 735 g/mol. The summed E-state index contributed by atoms with van der Waals surface area (Å²) in [6, 6.07) is 67.2. The third-order valence-electron chi connectivity index (χ3n) is 14.2. The van der Waals surface area contributed by atoms with Gasteiger partial charge in [0.25, 0.3) is 0 Å². The van der Waals surface area contributed by atoms with Gasteiger partial charge in [0.05, 0.1) is 11.1 Å². The molecule has 0 N–H and O–H groups in total. The molecule has 61 heavy (non-hydrogen) atoms. The molecule has 298 valence electrons. The Hall–Kier alpha value is -6.44. The Kier molecular flexibility index (Phi) is 8.02. The van der Waals surface area contributed by atoms with Crippen LogP contribution in [0.1, 0.15) is 99.9 Å². The summed E-state index contributed by atoms with van der Waals surface area (Å²) in [6.45, 7) is 18.8. The van der Waals surface area contributed by atoms with Crippen LogP contribution in [0, 0.1) is 0 Å². The smallest absolute Gasteiger partial charge is 0.0731 e. The first kappa shape index (κ1) is 37.6. The molecule has 0 aliphatic heterocycles. The maximum Gasteiger partial charge on any atom is 0.0731 e. The van der Waals surface area contributed by atoms with E-state index in [1.807, 2.05) is 0 Å². The highest BCUT2D eigenvalue weighted by Crippen LogP contribution is 2.65. The van der Waals surface area contributed by atoms with Crippen molar-refractivity contribution in [2.75, 3.05) is 4.90 Å². The van der Waals surface area contributed by atoms with Crippen LogP contribution in [0.4, 0.5) is 17.1 Å². The van der Waals surface area contributed by atoms with Crippen LogP contribution >= 0.6 is 0 Å². The number of benzene rings is 8. The lowest BCUT2D eigenvalue weighted by atomic mass is 9.67. The van der Waals surface area contributed by atoms with Crippen molar-refractivity contribution in [1.29, 1.82) is 0 Å². The first-order valence-corrected chi connectivity index (χ1v) is 22.0. The Morgan fingerprint density at radius 1 is 0.344 bits per heavy atom. The van der Waals surface area contributed by atoms with Gasteiger partial charge < -0.3 is 4.90 Å². The summed E-state index contributed by atoms with van der Waals surface area (Å²) >= 11 is 0. The van der Waals surface area contributed by atoms with Crippen LogP contribution < -0.4 is 4.90 Å². The fraction of sp³-hybridized carbons (Fsp3) is 0.200. The Morgan fingerprint density at radius 2 is 0.803 bits per heavy atom. The molecule has 0 fully saturated rings. The van der Waals surface area contributed by atoms with Gasteiger partial charge in [0.15, 0.2) is 0 Å². The molecule has 8 aromatic rings. The molecule has 0 atom stereocenters. The predicted octanol–water partition coefficient (Wildman–Crippen LogP) is 16.1. The van der Waals surface area contributed by atoms with Crippen LogP contribution in [0.5, 0.6) is 0 Å². The van der Waals surface area contributed by atoms with Crippen LogP contribution in [0.3, 0.4) is 0 Å². The van der Waals surface area contributed by atoms with E-state index in [-0.39, 0.29) is 16.2 Å². The van der Waals surface area contributed by atoms with Gasteiger partial charge in [0, 0.05) is 22.4 Å². The number of hydrogen-bond acceptors (Lipinski definition) is 1. The number of hydrogen-bond donors (Lipinski definition) is 0. The highest BCUT2D eigenvalue weighted by molar-refractivity contribution is 6.01. The van der Waals surface area contributed by atoms with Crippen LogP contribution in [0.25, 0.3) is 44.5 Å². The summed E-state index contributed by atoms with van der Waals surface area (Å²) in [5, 5.41) is 0. The molecule has 1 spiro atoms. The molecule has 0 saturated carbocycles. The van der Waals surface area contributed by atoms with E-state index in [0.29, 0.717) is 0 Å². The van der Waals surface area contributed by atoms with Gasteiger partial charge in [-0.3, -0.25) is 0 Å². The average Bonchev–Trinajstić information content (AvgIpc) is 3.82. The van der Waals surface area contributed by atoms with E-state index >= 15 is 0 Å². The van der Waals surface area contributed by atoms with E-state index in [2.05, 4.69) is 236 Å². The molecule has 1 nitrogen and oxygen atoms in total. The minimum atomic E-state index is -0.524. The highest BCUT2D eigenvalue weighted by atomic mass is 15.1. The van der Waals surface area contributed by atoms with Crippen LogP contribution in [0.15, 0.2) is 176 Å². The van der Waals surface area contributed by atoms with Gasteiger partial charge in [0.2, 0.25) is 0 Å². The van der Waals surface area contributed by atoms with Crippen molar-refractivity contribution in [2.45, 2.75) is 77.0 Å². The van der Waals surface area contributed by atoms with Crippen LogP contribution in [-0.4, -0.2) is 0 Å². The molecule has 0 amide bonds. The van der Waals surface area contributed by atoms with Crippen molar-refractivity contribution >= 4 is 17.1 Å². The van der Waals surface area contributed by atoms with Gasteiger partial charge in [-0.25, -0.2) is 0 Å². The second-order valence-electron chi connectivity index (χ2n) is 20.1. The average molecular weight is 788 g/mol. The molecule has 3 aliphatic carbocycles. The van der Waals surface area contributed by atoms with Crippen molar-refractivity contribution < 1.29 is 0 Å². The number of anilines is 3. The zero-order chi connectivity index (χ0) is 42.1. The summed E-state index contributed by atoms with van der Waals surface area (Å²) in [5.41, 5.74) is 24.2. The minimum Gasteiger partial charge on any atom is -0.310 e. The molecular formula is C60H53N. The SMILES string of the molecule is CC(C)(C)c1ccc2c(c1)C1(c3cc(C(C)(C)C)ccc3-2)c2ccccc2-c2cccc(-c3ccccc3N(c3ccccc3)c3ccc4c(c3)C(C)(C)c3ccccc3-4)c21. The summed E-state index contributed by atoms with van der Waals surface area (Å²) in [6.07, 6.45) is 0. The second-order valence-corrected chi connectivity index (χ2v) is 20.1. The summed E-state index contributed by atoms with van der Waals surface area (Å²) in [5.74, 6) is 0. The summed E-state index contributed by atoms with van der Waals surface area (Å²) < 4.78 is 0. The minimum absolute atomic E-state index is 0.0172. The van der Waals surface area contributed by atoms with Crippen molar-refractivity contribution in [2.24, 2.45) is 0 Å². The normalized spacial score (nSPS) is 14.8. The maximum atomic E-state index is 2.56. The quantitative estimate of drug-likeness (QED) is 0.172. The van der Waals surface area contributed by atoms with Gasteiger partial charge >= 0.3 is 0 Å². The fourth-order valence-corrected chi connectivity index (χ4v) is 11.1. The van der Waals surface area contributed by atoms with E-state index in [4.69, 9.17) is 0 Å². The van der Waals surface area contributed by atoms with Gasteiger partial charge in [-0.2, -0.15) is 0 Å². The van der Waals surface area contributed by atoms with Gasteiger partial charge in [0.1, 0.15) is 0 Å². The van der Waals surface area contributed by atoms with E-state index in [0.717, 1.165) is 17.1 Å². The second kappa shape index (κ2) is 13.0. The Labute approximate surface area is 362 Å². The monoisotopic (exact) mass is 787 g/mol. The van der Waals surface area contributed by atoms with E-state index in [1.54, 1.807) is 0 Å². The molecule has 11 rings (SSSR count). The zero-order valence-corrected chi connectivity index (χ0v) is 36.7. The predicted molar refractivity (Wildman–Crippen MR) is 258 cm³/mol. The molecule has 0 saturated heterocycles. The molecule has 0 radical (unpaired) electrons. The number of fused-ring (bicyclic) bond motifs is 13. The van der Waals surface area contributed by atoms with Crippen molar-refractivity contribution in [3.05, 3.63) is 220 Å². The van der Waals surface area contributed by atoms with Gasteiger partial charge in [-0.1, -0.05) is 201 Å². The molecule has 0 heterocycles. The molecule has 3 aliphatic rings. The van der Waals surface area contributed by atoms with Crippen molar-refractivity contribution in [3.8, 4) is 44.5 Å². The largest absolute Gasteiger partial charge is 0.310 e. The third kappa shape index (κ3) is 5.32. The Morgan fingerprint density at radius 3 is 1.43 bits per heavy atom. The van der Waals surface area contributed by atoms with E-state index in [1.165, 1.54) is 89.0 Å². The highest BCUT2D eigenvalue weighted by Gasteiger charge is 2.53. The lowest BCUT2D eigenvalue weighted by Crippen LogP contribution is -2.28. The van der Waals surface area contributed by atoms with Gasteiger partial charge in [-0.05, 0) is 125 Å². The standard InChI is InChI=1S/C60H53N/c1-57(2,3)38-29-32-45-46-33-30-39(58(4,5)6)36-54(46)60(53(45)35-38)51-27-16-13-22-43(51)48-24-18-25-49(56(48)60)47-23-14-17-28-55(47)61(40-19-10-9-11-20-40)41-31-34-44-42-21-12-15-26-50(42)59(7,8)52(44)37-41/h9-37H,1-8H3. The fourth-order valence-electron chi connectivity index (χ4n) is 11.1. The molecule has 8 aromatic carbocycles. The first-order chi connectivity index (χ1) is 29.3. The lowest BCUT2D eigenvalue weighted by molar-refractivity contribution is 0.586. The first-order valence-electron chi connectivity index (χ1n) is 22.0. The molecule has 0 aromatic heterocycles. The number of nitrogens with zero attached hydrogens (tertiary/aromatic N) is 1. The van der Waals surface area contributed by atoms with E-state index in [9.17, 15) is 0 Å². The number of rotatable bonds is 4. The molecule has 0 unspecified atom stereocenters. The topological polar surface area (TPSA) is 3.24 Å². The van der Waals surface area contributed by atoms with Crippen LogP contribution in [0.2, 0.25) is 0 Å². The number of para-hydroxylation sites is 2. The van der Waals surface area contributed by atoms with Gasteiger partial charge in [-0.15, -0.1) is 0 Å². The third-order valence-corrected chi connectivity index (χ3v) is 14.2. The maximum absolute atomic E-state index is 2.56. The Bertz CT molecular complexity index is 3010. The van der Waals surface area contributed by atoms with Crippen molar-refractivity contribution in [3.63, 3.8) is 0 Å². The Balaban J connectivity index is 1.21. The zero-order valence-electron chi connectivity index (χ0n) is 36.7. The van der Waals surface area contributed by atoms with Crippen molar-refractivity contribution in [1.82, 2.24) is 0 Å². The van der Waals surface area contributed by atoms with E-state index < -0.39 is 5.41 Å². The summed E-state index contributed by atoms with van der Waals surface area (Å²) in [4.78, 5) is 2.49. The molecule has 0 bridgehead atoms. The summed E-state index contributed by atoms with van der Waals surface area (Å²) in [7, 11) is 0.